The fourth-order valence-electron chi connectivity index (χ4n) is 2.12. The van der Waals surface area contributed by atoms with E-state index < -0.39 is 0 Å². The van der Waals surface area contributed by atoms with Crippen LogP contribution in [0.3, 0.4) is 0 Å². The van der Waals surface area contributed by atoms with Gasteiger partial charge in [0, 0.05) is 16.8 Å². The number of ether oxygens (including phenoxy) is 1. The van der Waals surface area contributed by atoms with Crippen LogP contribution in [0.25, 0.3) is 11.5 Å². The molecule has 0 atom stereocenters. The number of halogens is 1. The topological polar surface area (TPSA) is 89.3 Å². The smallest absolute Gasteiger partial charge is 0.319 e. The zero-order chi connectivity index (χ0) is 18.4. The fraction of sp³-hybridized carbons (Fsp3) is 0.167. The van der Waals surface area contributed by atoms with Crippen LogP contribution in [0.15, 0.2) is 53.1 Å². The summed E-state index contributed by atoms with van der Waals surface area (Å²) in [5.41, 5.74) is 2.19. The number of rotatable bonds is 6. The molecule has 0 radical (unpaired) electrons. The molecule has 134 valence electrons. The number of nitrogens with zero attached hydrogens (tertiary/aromatic N) is 2. The number of amides is 2. The molecule has 0 unspecified atom stereocenters. The van der Waals surface area contributed by atoms with Crippen LogP contribution < -0.4 is 15.4 Å². The number of urea groups is 1. The van der Waals surface area contributed by atoms with Crippen molar-refractivity contribution in [3.8, 4) is 17.3 Å². The van der Waals surface area contributed by atoms with Gasteiger partial charge in [0.2, 0.25) is 5.88 Å². The SMILES string of the molecule is Cc1ccc(NC(=O)NCCOc2ccc(-c3ccco3)nn2)cc1Cl. The van der Waals surface area contributed by atoms with Crippen molar-refractivity contribution in [2.45, 2.75) is 6.92 Å². The van der Waals surface area contributed by atoms with Crippen molar-refractivity contribution in [1.29, 1.82) is 0 Å². The first kappa shape index (κ1) is 17.8. The van der Waals surface area contributed by atoms with Crippen LogP contribution in [0.2, 0.25) is 5.02 Å². The van der Waals surface area contributed by atoms with Gasteiger partial charge in [0.1, 0.15) is 12.3 Å². The molecule has 0 spiro atoms. The highest BCUT2D eigenvalue weighted by atomic mass is 35.5. The van der Waals surface area contributed by atoms with Gasteiger partial charge < -0.3 is 19.8 Å². The van der Waals surface area contributed by atoms with Crippen LogP contribution in [0.1, 0.15) is 5.56 Å². The van der Waals surface area contributed by atoms with Crippen molar-refractivity contribution in [1.82, 2.24) is 15.5 Å². The van der Waals surface area contributed by atoms with Gasteiger partial charge in [-0.1, -0.05) is 17.7 Å². The first-order valence-corrected chi connectivity index (χ1v) is 8.31. The second-order valence-corrected chi connectivity index (χ2v) is 5.83. The van der Waals surface area contributed by atoms with E-state index in [1.54, 1.807) is 42.7 Å². The molecule has 0 fully saturated rings. The zero-order valence-corrected chi connectivity index (χ0v) is 14.8. The van der Waals surface area contributed by atoms with E-state index in [1.165, 1.54) is 0 Å². The lowest BCUT2D eigenvalue weighted by Gasteiger charge is -2.09. The number of carbonyl (C=O) groups is 1. The number of aryl methyl sites for hydroxylation is 1. The third-order valence-electron chi connectivity index (χ3n) is 3.48. The summed E-state index contributed by atoms with van der Waals surface area (Å²) < 4.78 is 10.7. The third kappa shape index (κ3) is 4.73. The van der Waals surface area contributed by atoms with Crippen LogP contribution in [0.5, 0.6) is 5.88 Å². The van der Waals surface area contributed by atoms with Crippen LogP contribution in [-0.2, 0) is 0 Å². The van der Waals surface area contributed by atoms with Crippen LogP contribution in [0.4, 0.5) is 10.5 Å². The molecule has 2 amide bonds. The van der Waals surface area contributed by atoms with Crippen molar-refractivity contribution in [3.63, 3.8) is 0 Å². The van der Waals surface area contributed by atoms with Gasteiger partial charge in [0.15, 0.2) is 5.76 Å². The summed E-state index contributed by atoms with van der Waals surface area (Å²) in [6, 6.07) is 12.0. The second-order valence-electron chi connectivity index (χ2n) is 5.43. The Kier molecular flexibility index (Phi) is 5.70. The van der Waals surface area contributed by atoms with Crippen LogP contribution in [-0.4, -0.2) is 29.4 Å². The van der Waals surface area contributed by atoms with Gasteiger partial charge in [-0.15, -0.1) is 10.2 Å². The summed E-state index contributed by atoms with van der Waals surface area (Å²) in [4.78, 5) is 11.8. The van der Waals surface area contributed by atoms with E-state index in [1.807, 2.05) is 13.0 Å². The minimum atomic E-state index is -0.340. The Balaban J connectivity index is 1.40. The Bertz CT molecular complexity index is 867. The van der Waals surface area contributed by atoms with Crippen molar-refractivity contribution >= 4 is 23.3 Å². The molecular weight excluding hydrogens is 356 g/mol. The Hall–Kier alpha value is -3.06. The average molecular weight is 373 g/mol. The van der Waals surface area contributed by atoms with Crippen molar-refractivity contribution in [3.05, 3.63) is 59.3 Å². The van der Waals surface area contributed by atoms with Gasteiger partial charge in [-0.25, -0.2) is 4.79 Å². The molecule has 0 aliphatic heterocycles. The number of furan rings is 1. The van der Waals surface area contributed by atoms with Crippen molar-refractivity contribution in [2.75, 3.05) is 18.5 Å². The maximum absolute atomic E-state index is 11.8. The zero-order valence-electron chi connectivity index (χ0n) is 14.0. The Morgan fingerprint density at radius 1 is 1.23 bits per heavy atom. The number of anilines is 1. The van der Waals surface area contributed by atoms with Gasteiger partial charge in [-0.3, -0.25) is 0 Å². The highest BCUT2D eigenvalue weighted by Crippen LogP contribution is 2.20. The summed E-state index contributed by atoms with van der Waals surface area (Å²) in [5, 5.41) is 14.0. The first-order chi connectivity index (χ1) is 12.6. The molecule has 7 nitrogen and oxygen atoms in total. The van der Waals surface area contributed by atoms with Gasteiger partial charge >= 0.3 is 6.03 Å². The van der Waals surface area contributed by atoms with E-state index >= 15 is 0 Å². The van der Waals surface area contributed by atoms with E-state index in [9.17, 15) is 4.79 Å². The first-order valence-electron chi connectivity index (χ1n) is 7.93. The summed E-state index contributed by atoms with van der Waals surface area (Å²) in [7, 11) is 0. The number of nitrogens with one attached hydrogen (secondary N) is 2. The van der Waals surface area contributed by atoms with E-state index in [0.29, 0.717) is 34.6 Å². The molecule has 3 aromatic rings. The quantitative estimate of drug-likeness (QED) is 0.640. The van der Waals surface area contributed by atoms with E-state index in [-0.39, 0.29) is 12.6 Å². The molecule has 0 saturated carbocycles. The number of hydrogen-bond acceptors (Lipinski definition) is 5. The molecule has 0 bridgehead atoms. The number of aromatic nitrogens is 2. The Labute approximate surface area is 155 Å². The molecule has 2 heterocycles. The number of hydrogen-bond donors (Lipinski definition) is 2. The summed E-state index contributed by atoms with van der Waals surface area (Å²) >= 11 is 6.03. The van der Waals surface area contributed by atoms with Gasteiger partial charge in [-0.2, -0.15) is 0 Å². The maximum atomic E-state index is 11.8. The molecular formula is C18H17ClN4O3. The standard InChI is InChI=1S/C18H17ClN4O3/c1-12-4-5-13(11-14(12)19)21-18(24)20-8-10-26-17-7-6-15(22-23-17)16-3-2-9-25-16/h2-7,9,11H,8,10H2,1H3,(H2,20,21,24). The highest BCUT2D eigenvalue weighted by Gasteiger charge is 2.05. The predicted molar refractivity (Wildman–Crippen MR) is 98.4 cm³/mol. The normalized spacial score (nSPS) is 10.4. The minimum Gasteiger partial charge on any atom is -0.475 e. The van der Waals surface area contributed by atoms with E-state index in [0.717, 1.165) is 5.56 Å². The molecule has 0 aliphatic carbocycles. The van der Waals surface area contributed by atoms with Crippen molar-refractivity contribution < 1.29 is 13.9 Å². The number of benzene rings is 1. The Morgan fingerprint density at radius 2 is 2.12 bits per heavy atom. The summed E-state index contributed by atoms with van der Waals surface area (Å²) in [5.74, 6) is 1.01. The lowest BCUT2D eigenvalue weighted by Crippen LogP contribution is -2.32. The fourth-order valence-corrected chi connectivity index (χ4v) is 2.30. The summed E-state index contributed by atoms with van der Waals surface area (Å²) in [6.45, 7) is 2.47. The second kappa shape index (κ2) is 8.35. The molecule has 0 saturated heterocycles. The molecule has 8 heteroatoms. The molecule has 1 aromatic carbocycles. The molecule has 26 heavy (non-hydrogen) atoms. The molecule has 3 rings (SSSR count). The highest BCUT2D eigenvalue weighted by molar-refractivity contribution is 6.31. The van der Waals surface area contributed by atoms with Crippen LogP contribution in [0, 0.1) is 6.92 Å². The average Bonchev–Trinajstić information content (AvgIpc) is 3.17. The monoisotopic (exact) mass is 372 g/mol. The van der Waals surface area contributed by atoms with Crippen LogP contribution >= 0.6 is 11.6 Å². The maximum Gasteiger partial charge on any atom is 0.319 e. The Morgan fingerprint density at radius 3 is 2.81 bits per heavy atom. The van der Waals surface area contributed by atoms with Gasteiger partial charge in [-0.05, 0) is 42.8 Å². The van der Waals surface area contributed by atoms with Gasteiger partial charge in [0.25, 0.3) is 0 Å². The van der Waals surface area contributed by atoms with Crippen molar-refractivity contribution in [2.24, 2.45) is 0 Å². The third-order valence-corrected chi connectivity index (χ3v) is 3.89. The number of carbonyl (C=O) groups excluding carboxylic acids is 1. The predicted octanol–water partition coefficient (Wildman–Crippen LogP) is 3.90. The lowest BCUT2D eigenvalue weighted by molar-refractivity contribution is 0.246. The molecule has 2 N–H and O–H groups in total. The van der Waals surface area contributed by atoms with Gasteiger partial charge in [0.05, 0.1) is 12.8 Å². The lowest BCUT2D eigenvalue weighted by atomic mass is 10.2. The minimum absolute atomic E-state index is 0.261. The molecule has 2 aromatic heterocycles. The van der Waals surface area contributed by atoms with E-state index in [2.05, 4.69) is 20.8 Å². The van der Waals surface area contributed by atoms with E-state index in [4.69, 9.17) is 20.8 Å². The summed E-state index contributed by atoms with van der Waals surface area (Å²) in [6.07, 6.45) is 1.57. The molecule has 0 aliphatic rings. The largest absolute Gasteiger partial charge is 0.475 e.